The van der Waals surface area contributed by atoms with Gasteiger partial charge < -0.3 is 26.3 Å². The number of aliphatic carboxylic acids is 1. The number of carbonyl (C=O) groups excluding carboxylic acids is 2. The van der Waals surface area contributed by atoms with Gasteiger partial charge in [-0.1, -0.05) is 5.16 Å². The summed E-state index contributed by atoms with van der Waals surface area (Å²) >= 11 is 6.04. The van der Waals surface area contributed by atoms with E-state index in [1.165, 1.54) is 12.5 Å². The second kappa shape index (κ2) is 7.85. The lowest BCUT2D eigenvalue weighted by molar-refractivity contribution is -0.140. The third kappa shape index (κ3) is 4.39. The molecule has 11 nitrogen and oxygen atoms in total. The van der Waals surface area contributed by atoms with Crippen LogP contribution in [0.4, 0.5) is 5.13 Å². The van der Waals surface area contributed by atoms with E-state index in [4.69, 9.17) is 23.1 Å². The van der Waals surface area contributed by atoms with Gasteiger partial charge in [-0.25, -0.2) is 4.98 Å². The molecule has 0 spiro atoms. The minimum Gasteiger partial charge on any atom is -0.480 e. The maximum absolute atomic E-state index is 12.3. The van der Waals surface area contributed by atoms with Gasteiger partial charge in [0.2, 0.25) is 0 Å². The minimum absolute atomic E-state index is 0.0176. The van der Waals surface area contributed by atoms with Gasteiger partial charge in [0, 0.05) is 5.38 Å². The number of rotatable bonds is 6. The zero-order chi connectivity index (χ0) is 18.6. The van der Waals surface area contributed by atoms with Crippen molar-refractivity contribution in [1.82, 2.24) is 20.5 Å². The number of nitrogen functional groups attached to an aromatic ring is 1. The molecule has 2 heterocycles. The Bertz CT molecular complexity index is 748. The van der Waals surface area contributed by atoms with Crippen LogP contribution < -0.4 is 16.4 Å². The van der Waals surface area contributed by atoms with Crippen LogP contribution in [0.2, 0.25) is 0 Å². The summed E-state index contributed by atoms with van der Waals surface area (Å²) in [5.41, 5.74) is 5.64. The van der Waals surface area contributed by atoms with Gasteiger partial charge in [-0.05, 0) is 12.2 Å². The molecule has 1 aromatic rings. The Morgan fingerprint density at radius 3 is 2.88 bits per heavy atom. The number of carbonyl (C=O) groups is 3. The molecular formula is C12H14N6O5S2. The van der Waals surface area contributed by atoms with E-state index in [-0.39, 0.29) is 28.2 Å². The molecule has 0 bridgehead atoms. The average Bonchev–Trinajstić information content (AvgIpc) is 2.99. The van der Waals surface area contributed by atoms with Crippen molar-refractivity contribution in [2.75, 3.05) is 25.9 Å². The summed E-state index contributed by atoms with van der Waals surface area (Å²) < 4.78 is 0. The van der Waals surface area contributed by atoms with E-state index in [9.17, 15) is 14.4 Å². The average molecular weight is 386 g/mol. The highest BCUT2D eigenvalue weighted by atomic mass is 32.1. The van der Waals surface area contributed by atoms with Gasteiger partial charge in [-0.3, -0.25) is 19.3 Å². The Morgan fingerprint density at radius 2 is 2.36 bits per heavy atom. The molecule has 5 N–H and O–H groups in total. The van der Waals surface area contributed by atoms with Crippen molar-refractivity contribution in [2.24, 2.45) is 5.16 Å². The first-order chi connectivity index (χ1) is 11.8. The molecule has 2 rings (SSSR count). The van der Waals surface area contributed by atoms with Crippen LogP contribution >= 0.6 is 23.6 Å². The fourth-order valence-corrected chi connectivity index (χ4v) is 2.67. The lowest BCUT2D eigenvalue weighted by Gasteiger charge is -2.38. The van der Waals surface area contributed by atoms with E-state index in [1.54, 1.807) is 0 Å². The van der Waals surface area contributed by atoms with E-state index >= 15 is 0 Å². The molecule has 0 unspecified atom stereocenters. The molecule has 0 radical (unpaired) electrons. The van der Waals surface area contributed by atoms with Crippen LogP contribution in [-0.4, -0.2) is 69.8 Å². The number of anilines is 1. The fraction of sp³-hybridized carbons (Fsp3) is 0.333. The lowest BCUT2D eigenvalue weighted by atomic mass is 10.1. The van der Waals surface area contributed by atoms with Crippen LogP contribution in [0.25, 0.3) is 0 Å². The molecule has 1 atom stereocenters. The molecule has 1 fully saturated rings. The first-order valence-electron chi connectivity index (χ1n) is 6.78. The van der Waals surface area contributed by atoms with Crippen LogP contribution in [-0.2, 0) is 19.2 Å². The largest absolute Gasteiger partial charge is 0.480 e. The Balaban J connectivity index is 1.95. The summed E-state index contributed by atoms with van der Waals surface area (Å²) in [6, 6.07) is -0.810. The number of nitrogens with two attached hydrogens (primary N) is 1. The van der Waals surface area contributed by atoms with E-state index < -0.39 is 30.4 Å². The van der Waals surface area contributed by atoms with Gasteiger partial charge in [-0.2, -0.15) is 0 Å². The maximum atomic E-state index is 12.3. The second-order valence-corrected chi connectivity index (χ2v) is 6.00. The number of hydrogen-bond donors (Lipinski definition) is 4. The molecule has 0 aliphatic carbocycles. The molecule has 1 saturated heterocycles. The van der Waals surface area contributed by atoms with Crippen LogP contribution in [0.1, 0.15) is 5.69 Å². The summed E-state index contributed by atoms with van der Waals surface area (Å²) in [7, 11) is 1.27. The highest BCUT2D eigenvalue weighted by molar-refractivity contribution is 7.80. The van der Waals surface area contributed by atoms with E-state index in [0.717, 1.165) is 16.2 Å². The molecule has 13 heteroatoms. The second-order valence-electron chi connectivity index (χ2n) is 4.72. The Hall–Kier alpha value is -2.80. The quantitative estimate of drug-likeness (QED) is 0.195. The zero-order valence-electron chi connectivity index (χ0n) is 12.9. The number of thiazole rings is 1. The summed E-state index contributed by atoms with van der Waals surface area (Å²) in [6.07, 6.45) is 0. The summed E-state index contributed by atoms with van der Waals surface area (Å²) in [6.45, 7) is -0.301. The number of hydrogen-bond acceptors (Lipinski definition) is 9. The minimum atomic E-state index is -1.11. The van der Waals surface area contributed by atoms with Gasteiger partial charge in [0.05, 0.1) is 6.54 Å². The number of amides is 2. The number of carboxylic acid groups (broad SMARTS) is 1. The highest BCUT2D eigenvalue weighted by Crippen LogP contribution is 2.14. The summed E-state index contributed by atoms with van der Waals surface area (Å²) in [5, 5.41) is 18.9. The fourth-order valence-electron chi connectivity index (χ4n) is 1.88. The predicted octanol–water partition coefficient (Wildman–Crippen LogP) is -1.64. The highest BCUT2D eigenvalue weighted by Gasteiger charge is 2.41. The number of nitrogens with zero attached hydrogens (tertiary/aromatic N) is 3. The number of oxime groups is 1. The lowest BCUT2D eigenvalue weighted by Crippen LogP contribution is -2.67. The van der Waals surface area contributed by atoms with Crippen LogP contribution in [0.5, 0.6) is 0 Å². The molecule has 0 saturated carbocycles. The molecule has 0 aromatic carbocycles. The van der Waals surface area contributed by atoms with E-state index in [1.807, 2.05) is 0 Å². The van der Waals surface area contributed by atoms with Gasteiger partial charge in [0.1, 0.15) is 25.4 Å². The van der Waals surface area contributed by atoms with Crippen molar-refractivity contribution in [3.63, 3.8) is 0 Å². The number of carboxylic acids is 1. The van der Waals surface area contributed by atoms with Crippen LogP contribution in [0.3, 0.4) is 0 Å². The summed E-state index contributed by atoms with van der Waals surface area (Å²) in [5.74, 6) is -2.23. The molecule has 134 valence electrons. The first kappa shape index (κ1) is 18.5. The zero-order valence-corrected chi connectivity index (χ0v) is 14.5. The Labute approximate surface area is 150 Å². The van der Waals surface area contributed by atoms with Crippen LogP contribution in [0.15, 0.2) is 10.5 Å². The molecule has 2 amide bonds. The van der Waals surface area contributed by atoms with Gasteiger partial charge in [-0.15, -0.1) is 11.3 Å². The molecule has 1 aliphatic rings. The molecular weight excluding hydrogens is 372 g/mol. The Morgan fingerprint density at radius 1 is 1.64 bits per heavy atom. The summed E-state index contributed by atoms with van der Waals surface area (Å²) in [4.78, 5) is 44.5. The maximum Gasteiger partial charge on any atom is 0.322 e. The first-order valence-corrected chi connectivity index (χ1v) is 8.06. The van der Waals surface area contributed by atoms with Gasteiger partial charge >= 0.3 is 5.97 Å². The van der Waals surface area contributed by atoms with E-state index in [0.29, 0.717) is 0 Å². The molecule has 1 aliphatic heterocycles. The standard InChI is InChI=1S/C12H14N6O5S2/c1-23-17-8(6-4-25-11(13)16-6)9(21)15-5-3-18(10(5)22)12(24)14-2-7(19)20/h4-5H,2-3H2,1H3,(H2,13,16)(H,14,24)(H,15,21)(H,19,20)/t5-/m0/s1. The van der Waals surface area contributed by atoms with Gasteiger partial charge in [0.15, 0.2) is 16.0 Å². The van der Waals surface area contributed by atoms with Crippen molar-refractivity contribution < 1.29 is 24.3 Å². The van der Waals surface area contributed by atoms with Crippen LogP contribution in [0, 0.1) is 0 Å². The number of β-lactam (4-membered cyclic amide) rings is 1. The number of nitrogens with one attached hydrogen (secondary N) is 2. The normalized spacial score (nSPS) is 16.8. The smallest absolute Gasteiger partial charge is 0.322 e. The van der Waals surface area contributed by atoms with Crippen molar-refractivity contribution >= 4 is 57.3 Å². The predicted molar refractivity (Wildman–Crippen MR) is 92.0 cm³/mol. The third-order valence-electron chi connectivity index (χ3n) is 3.03. The molecule has 25 heavy (non-hydrogen) atoms. The van der Waals surface area contributed by atoms with E-state index in [2.05, 4.69) is 25.6 Å². The SMILES string of the molecule is CON=C(C(=O)N[C@H]1CN(C(=S)NCC(=O)O)C1=O)c1csc(N)n1. The van der Waals surface area contributed by atoms with Gasteiger partial charge in [0.25, 0.3) is 11.8 Å². The monoisotopic (exact) mass is 386 g/mol. The Kier molecular flexibility index (Phi) is 5.82. The number of likely N-dealkylation sites (tertiary alicyclic amines) is 1. The number of thiocarbonyl (C=S) groups is 1. The molecule has 1 aromatic heterocycles. The van der Waals surface area contributed by atoms with Crippen molar-refractivity contribution in [3.05, 3.63) is 11.1 Å². The third-order valence-corrected chi connectivity index (χ3v) is 4.07. The van der Waals surface area contributed by atoms with Crippen molar-refractivity contribution in [3.8, 4) is 0 Å². The number of aromatic nitrogens is 1. The topological polar surface area (TPSA) is 159 Å². The van der Waals surface area contributed by atoms with Crippen molar-refractivity contribution in [1.29, 1.82) is 0 Å². The van der Waals surface area contributed by atoms with Crippen molar-refractivity contribution in [2.45, 2.75) is 6.04 Å².